The lowest BCUT2D eigenvalue weighted by Crippen LogP contribution is -2.50. The zero-order chi connectivity index (χ0) is 10.9. The van der Waals surface area contributed by atoms with Gasteiger partial charge in [-0.15, -0.1) is 0 Å². The maximum absolute atomic E-state index is 11.7. The SMILES string of the molecule is CCOC(=O)C1(C#N)CC2(CCCC2)C1. The number of ether oxygens (including phenoxy) is 1. The standard InChI is InChI=1S/C12H17NO2/c1-2-15-10(14)12(9-13)7-11(8-12)5-3-4-6-11/h2-8H2,1H3. The predicted molar refractivity (Wildman–Crippen MR) is 54.8 cm³/mol. The van der Waals surface area contributed by atoms with E-state index in [4.69, 9.17) is 10.00 Å². The number of hydrogen-bond acceptors (Lipinski definition) is 3. The van der Waals surface area contributed by atoms with Gasteiger partial charge in [-0.25, -0.2) is 0 Å². The van der Waals surface area contributed by atoms with Crippen molar-refractivity contribution in [2.24, 2.45) is 10.8 Å². The Labute approximate surface area is 90.4 Å². The summed E-state index contributed by atoms with van der Waals surface area (Å²) < 4.78 is 4.98. The lowest BCUT2D eigenvalue weighted by Gasteiger charge is -2.49. The fourth-order valence-electron chi connectivity index (χ4n) is 3.25. The number of nitrogens with zero attached hydrogens (tertiary/aromatic N) is 1. The normalized spacial score (nSPS) is 25.6. The van der Waals surface area contributed by atoms with Crippen LogP contribution in [0, 0.1) is 22.2 Å². The summed E-state index contributed by atoms with van der Waals surface area (Å²) in [5.41, 5.74) is -0.497. The highest BCUT2D eigenvalue weighted by Crippen LogP contribution is 2.62. The third-order valence-corrected chi connectivity index (χ3v) is 3.90. The maximum atomic E-state index is 11.7. The third kappa shape index (κ3) is 1.52. The van der Waals surface area contributed by atoms with Crippen LogP contribution >= 0.6 is 0 Å². The zero-order valence-electron chi connectivity index (χ0n) is 9.21. The minimum Gasteiger partial charge on any atom is -0.465 e. The molecule has 0 saturated heterocycles. The van der Waals surface area contributed by atoms with E-state index in [1.165, 1.54) is 25.7 Å². The molecule has 2 rings (SSSR count). The Morgan fingerprint density at radius 1 is 1.40 bits per heavy atom. The molecule has 15 heavy (non-hydrogen) atoms. The highest BCUT2D eigenvalue weighted by molar-refractivity contribution is 5.81. The summed E-state index contributed by atoms with van der Waals surface area (Å²) >= 11 is 0. The van der Waals surface area contributed by atoms with Crippen LogP contribution in [0.25, 0.3) is 0 Å². The van der Waals surface area contributed by atoms with Gasteiger partial charge in [-0.05, 0) is 38.0 Å². The van der Waals surface area contributed by atoms with E-state index in [1.807, 2.05) is 0 Å². The molecule has 0 aromatic heterocycles. The summed E-state index contributed by atoms with van der Waals surface area (Å²) in [5.74, 6) is -0.301. The summed E-state index contributed by atoms with van der Waals surface area (Å²) in [6.07, 6.45) is 6.35. The Bertz CT molecular complexity index is 302. The summed E-state index contributed by atoms with van der Waals surface area (Å²) in [6, 6.07) is 2.18. The summed E-state index contributed by atoms with van der Waals surface area (Å²) in [7, 11) is 0. The van der Waals surface area contributed by atoms with E-state index in [0.29, 0.717) is 12.0 Å². The Kier molecular flexibility index (Phi) is 2.46. The summed E-state index contributed by atoms with van der Waals surface area (Å²) in [4.78, 5) is 11.7. The number of nitriles is 1. The van der Waals surface area contributed by atoms with Gasteiger partial charge in [-0.3, -0.25) is 4.79 Å². The van der Waals surface area contributed by atoms with Crippen LogP contribution in [0.15, 0.2) is 0 Å². The molecule has 1 spiro atoms. The van der Waals surface area contributed by atoms with Crippen molar-refractivity contribution in [3.63, 3.8) is 0 Å². The molecule has 0 bridgehead atoms. The monoisotopic (exact) mass is 207 g/mol. The molecule has 0 unspecified atom stereocenters. The molecule has 0 aromatic rings. The molecule has 0 N–H and O–H groups in total. The number of rotatable bonds is 2. The predicted octanol–water partition coefficient (Wildman–Crippen LogP) is 2.41. The number of hydrogen-bond donors (Lipinski definition) is 0. The van der Waals surface area contributed by atoms with Crippen molar-refractivity contribution in [3.8, 4) is 6.07 Å². The molecule has 3 heteroatoms. The Balaban J connectivity index is 2.03. The van der Waals surface area contributed by atoms with Crippen LogP contribution in [0.3, 0.4) is 0 Å². The number of carbonyl (C=O) groups is 1. The first-order valence-electron chi connectivity index (χ1n) is 5.75. The van der Waals surface area contributed by atoms with Gasteiger partial charge in [0.1, 0.15) is 0 Å². The van der Waals surface area contributed by atoms with E-state index in [1.54, 1.807) is 6.92 Å². The van der Waals surface area contributed by atoms with Crippen LogP contribution in [-0.2, 0) is 9.53 Å². The molecule has 0 amide bonds. The largest absolute Gasteiger partial charge is 0.465 e. The molecule has 2 fully saturated rings. The molecule has 2 aliphatic carbocycles. The minimum atomic E-state index is -0.805. The summed E-state index contributed by atoms with van der Waals surface area (Å²) in [5, 5.41) is 9.13. The van der Waals surface area contributed by atoms with E-state index in [0.717, 1.165) is 12.8 Å². The lowest BCUT2D eigenvalue weighted by molar-refractivity contribution is -0.164. The molecule has 2 aliphatic rings. The average molecular weight is 207 g/mol. The highest BCUT2D eigenvalue weighted by Gasteiger charge is 2.60. The van der Waals surface area contributed by atoms with Gasteiger partial charge in [-0.1, -0.05) is 12.8 Å². The number of carbonyl (C=O) groups excluding carboxylic acids is 1. The van der Waals surface area contributed by atoms with Gasteiger partial charge in [0, 0.05) is 0 Å². The minimum absolute atomic E-state index is 0.301. The molecular weight excluding hydrogens is 190 g/mol. The van der Waals surface area contributed by atoms with E-state index in [2.05, 4.69) is 6.07 Å². The first kappa shape index (κ1) is 10.5. The van der Waals surface area contributed by atoms with Crippen LogP contribution in [0.1, 0.15) is 45.4 Å². The van der Waals surface area contributed by atoms with Crippen molar-refractivity contribution in [2.45, 2.75) is 45.4 Å². The molecule has 0 radical (unpaired) electrons. The second-order valence-electron chi connectivity index (χ2n) is 4.98. The summed E-state index contributed by atoms with van der Waals surface area (Å²) in [6.45, 7) is 2.16. The molecule has 3 nitrogen and oxygen atoms in total. The molecule has 0 aliphatic heterocycles. The Hall–Kier alpha value is -1.04. The van der Waals surface area contributed by atoms with E-state index in [-0.39, 0.29) is 5.97 Å². The van der Waals surface area contributed by atoms with Crippen molar-refractivity contribution >= 4 is 5.97 Å². The lowest BCUT2D eigenvalue weighted by atomic mass is 9.52. The third-order valence-electron chi connectivity index (χ3n) is 3.90. The quantitative estimate of drug-likeness (QED) is 0.653. The van der Waals surface area contributed by atoms with Crippen LogP contribution in [0.5, 0.6) is 0 Å². The average Bonchev–Trinajstić information content (AvgIpc) is 2.63. The van der Waals surface area contributed by atoms with Gasteiger partial charge in [0.05, 0.1) is 12.7 Å². The van der Waals surface area contributed by atoms with Crippen molar-refractivity contribution in [1.29, 1.82) is 5.26 Å². The van der Waals surface area contributed by atoms with Crippen molar-refractivity contribution < 1.29 is 9.53 Å². The van der Waals surface area contributed by atoms with Gasteiger partial charge in [0.25, 0.3) is 0 Å². The van der Waals surface area contributed by atoms with E-state index in [9.17, 15) is 4.79 Å². The van der Waals surface area contributed by atoms with Crippen molar-refractivity contribution in [1.82, 2.24) is 0 Å². The highest BCUT2D eigenvalue weighted by atomic mass is 16.5. The zero-order valence-corrected chi connectivity index (χ0v) is 9.21. The second-order valence-corrected chi connectivity index (χ2v) is 4.98. The van der Waals surface area contributed by atoms with E-state index < -0.39 is 5.41 Å². The van der Waals surface area contributed by atoms with Crippen LogP contribution in [0.2, 0.25) is 0 Å². The first-order chi connectivity index (χ1) is 7.16. The fraction of sp³-hybridized carbons (Fsp3) is 0.833. The molecule has 82 valence electrons. The molecule has 0 atom stereocenters. The maximum Gasteiger partial charge on any atom is 0.326 e. The van der Waals surface area contributed by atoms with Gasteiger partial charge >= 0.3 is 5.97 Å². The number of esters is 1. The second kappa shape index (κ2) is 3.52. The smallest absolute Gasteiger partial charge is 0.326 e. The van der Waals surface area contributed by atoms with Gasteiger partial charge in [0.15, 0.2) is 5.41 Å². The van der Waals surface area contributed by atoms with Crippen molar-refractivity contribution in [2.75, 3.05) is 6.61 Å². The van der Waals surface area contributed by atoms with Crippen molar-refractivity contribution in [3.05, 3.63) is 0 Å². The van der Waals surface area contributed by atoms with Gasteiger partial charge in [-0.2, -0.15) is 5.26 Å². The Morgan fingerprint density at radius 3 is 2.47 bits per heavy atom. The topological polar surface area (TPSA) is 50.1 Å². The fourth-order valence-corrected chi connectivity index (χ4v) is 3.25. The molecule has 2 saturated carbocycles. The molecule has 0 heterocycles. The van der Waals surface area contributed by atoms with Gasteiger partial charge in [0.2, 0.25) is 0 Å². The van der Waals surface area contributed by atoms with Crippen LogP contribution in [0.4, 0.5) is 0 Å². The Morgan fingerprint density at radius 2 is 2.00 bits per heavy atom. The first-order valence-corrected chi connectivity index (χ1v) is 5.75. The van der Waals surface area contributed by atoms with E-state index >= 15 is 0 Å². The van der Waals surface area contributed by atoms with Gasteiger partial charge < -0.3 is 4.74 Å². The molecular formula is C12H17NO2. The van der Waals surface area contributed by atoms with Crippen LogP contribution < -0.4 is 0 Å². The molecule has 0 aromatic carbocycles. The van der Waals surface area contributed by atoms with Crippen LogP contribution in [-0.4, -0.2) is 12.6 Å².